The summed E-state index contributed by atoms with van der Waals surface area (Å²) in [5.74, 6) is 1.39. The minimum atomic E-state index is -0.532. The monoisotopic (exact) mass is 389 g/mol. The Bertz CT molecular complexity index is 879. The second-order valence-corrected chi connectivity index (χ2v) is 6.52. The molecule has 0 spiro atoms. The lowest BCUT2D eigenvalue weighted by Crippen LogP contribution is -2.18. The van der Waals surface area contributed by atoms with Gasteiger partial charge in [-0.3, -0.25) is 15.1 Å². The molecule has 1 saturated heterocycles. The Morgan fingerprint density at radius 2 is 1.85 bits per heavy atom. The highest BCUT2D eigenvalue weighted by atomic mass is 35.5. The summed E-state index contributed by atoms with van der Waals surface area (Å²) < 4.78 is 11.1. The molecule has 0 aliphatic carbocycles. The Balaban J connectivity index is 1.95. The fourth-order valence-electron chi connectivity index (χ4n) is 3.08. The van der Waals surface area contributed by atoms with Gasteiger partial charge in [-0.05, 0) is 31.0 Å². The Labute approximate surface area is 162 Å². The van der Waals surface area contributed by atoms with Crippen LogP contribution in [0.15, 0.2) is 35.3 Å². The summed E-state index contributed by atoms with van der Waals surface area (Å²) in [6, 6.07) is 8.21. The fraction of sp³-hybridized carbons (Fsp3) is 0.316. The highest BCUT2D eigenvalue weighted by molar-refractivity contribution is 6.32. The number of hydrogen-bond donors (Lipinski definition) is 0. The molecule has 0 N–H and O–H groups in total. The Morgan fingerprint density at radius 3 is 2.48 bits per heavy atom. The molecule has 2 aromatic rings. The van der Waals surface area contributed by atoms with Crippen molar-refractivity contribution >= 4 is 34.9 Å². The van der Waals surface area contributed by atoms with Crippen molar-refractivity contribution < 1.29 is 14.4 Å². The maximum absolute atomic E-state index is 11.0. The molecular weight excluding hydrogens is 370 g/mol. The van der Waals surface area contributed by atoms with Crippen LogP contribution in [0.25, 0.3) is 0 Å². The van der Waals surface area contributed by atoms with E-state index < -0.39 is 4.92 Å². The Hall–Kier alpha value is -2.80. The lowest BCUT2D eigenvalue weighted by atomic mass is 10.1. The zero-order valence-electron chi connectivity index (χ0n) is 15.1. The molecule has 7 nitrogen and oxygen atoms in total. The third-order valence-electron chi connectivity index (χ3n) is 4.46. The standard InChI is InChI=1S/C19H20ClN3O4/c1-26-18-11-17(22-7-3-4-8-22)19(27-2)9-13(18)12-21-14-5-6-15(20)16(10-14)23(24)25/h5-6,9-12H,3-4,7-8H2,1-2H3. The minimum absolute atomic E-state index is 0.0770. The maximum Gasteiger partial charge on any atom is 0.290 e. The van der Waals surface area contributed by atoms with Crippen LogP contribution < -0.4 is 14.4 Å². The van der Waals surface area contributed by atoms with E-state index in [1.807, 2.05) is 12.1 Å². The van der Waals surface area contributed by atoms with Gasteiger partial charge >= 0.3 is 0 Å². The molecule has 0 bridgehead atoms. The van der Waals surface area contributed by atoms with Gasteiger partial charge in [-0.1, -0.05) is 11.6 Å². The number of hydrogen-bond acceptors (Lipinski definition) is 6. The summed E-state index contributed by atoms with van der Waals surface area (Å²) in [7, 11) is 3.23. The van der Waals surface area contributed by atoms with Crippen LogP contribution in [0.2, 0.25) is 5.02 Å². The van der Waals surface area contributed by atoms with Crippen molar-refractivity contribution in [2.45, 2.75) is 12.8 Å². The Morgan fingerprint density at radius 1 is 1.15 bits per heavy atom. The highest BCUT2D eigenvalue weighted by Gasteiger charge is 2.19. The van der Waals surface area contributed by atoms with E-state index >= 15 is 0 Å². The predicted molar refractivity (Wildman–Crippen MR) is 106 cm³/mol. The van der Waals surface area contributed by atoms with Crippen LogP contribution in [0.5, 0.6) is 11.5 Å². The lowest BCUT2D eigenvalue weighted by Gasteiger charge is -2.22. The molecule has 8 heteroatoms. The molecule has 3 rings (SSSR count). The topological polar surface area (TPSA) is 77.2 Å². The van der Waals surface area contributed by atoms with Crippen molar-refractivity contribution in [1.82, 2.24) is 0 Å². The first kappa shape index (κ1) is 19.0. The number of anilines is 1. The summed E-state index contributed by atoms with van der Waals surface area (Å²) in [6.07, 6.45) is 3.91. The van der Waals surface area contributed by atoms with Gasteiger partial charge in [0.15, 0.2) is 0 Å². The number of halogens is 1. The number of aliphatic imine (C=N–C) groups is 1. The van der Waals surface area contributed by atoms with Crippen LogP contribution in [0.1, 0.15) is 18.4 Å². The van der Waals surface area contributed by atoms with Crippen LogP contribution in [0.3, 0.4) is 0 Å². The number of rotatable bonds is 6. The third-order valence-corrected chi connectivity index (χ3v) is 4.78. The summed E-state index contributed by atoms with van der Waals surface area (Å²) in [5.41, 5.74) is 1.96. The molecule has 1 aliphatic heterocycles. The molecule has 27 heavy (non-hydrogen) atoms. The van der Waals surface area contributed by atoms with E-state index in [0.717, 1.165) is 42.9 Å². The van der Waals surface area contributed by atoms with Crippen LogP contribution in [0.4, 0.5) is 17.1 Å². The first-order chi connectivity index (χ1) is 13.0. The van der Waals surface area contributed by atoms with Crippen LogP contribution in [-0.4, -0.2) is 38.4 Å². The largest absolute Gasteiger partial charge is 0.496 e. The molecule has 0 amide bonds. The van der Waals surface area contributed by atoms with Crippen LogP contribution in [0, 0.1) is 10.1 Å². The second kappa shape index (κ2) is 8.26. The van der Waals surface area contributed by atoms with E-state index in [1.54, 1.807) is 26.5 Å². The van der Waals surface area contributed by atoms with Gasteiger partial charge in [-0.15, -0.1) is 0 Å². The molecule has 2 aromatic carbocycles. The zero-order valence-corrected chi connectivity index (χ0v) is 15.9. The molecule has 0 aromatic heterocycles. The molecular formula is C19H20ClN3O4. The summed E-state index contributed by atoms with van der Waals surface area (Å²) >= 11 is 5.84. The zero-order chi connectivity index (χ0) is 19.4. The third kappa shape index (κ3) is 4.14. The lowest BCUT2D eigenvalue weighted by molar-refractivity contribution is -0.384. The van der Waals surface area contributed by atoms with Crippen molar-refractivity contribution in [3.05, 3.63) is 51.0 Å². The smallest absolute Gasteiger partial charge is 0.290 e. The van der Waals surface area contributed by atoms with Crippen LogP contribution >= 0.6 is 11.6 Å². The number of nitrogens with zero attached hydrogens (tertiary/aromatic N) is 3. The molecule has 0 saturated carbocycles. The van der Waals surface area contributed by atoms with Crippen molar-refractivity contribution in [2.75, 3.05) is 32.2 Å². The number of nitro groups is 1. The van der Waals surface area contributed by atoms with Crippen molar-refractivity contribution in [2.24, 2.45) is 4.99 Å². The number of ether oxygens (including phenoxy) is 2. The van der Waals surface area contributed by atoms with Gasteiger partial charge in [0, 0.05) is 37.0 Å². The highest BCUT2D eigenvalue weighted by Crippen LogP contribution is 2.37. The molecule has 1 heterocycles. The quantitative estimate of drug-likeness (QED) is 0.409. The van der Waals surface area contributed by atoms with Gasteiger partial charge in [0.1, 0.15) is 16.5 Å². The fourth-order valence-corrected chi connectivity index (χ4v) is 3.26. The van der Waals surface area contributed by atoms with Crippen molar-refractivity contribution in [3.63, 3.8) is 0 Å². The minimum Gasteiger partial charge on any atom is -0.496 e. The van der Waals surface area contributed by atoms with E-state index in [4.69, 9.17) is 21.1 Å². The number of methoxy groups -OCH3 is 2. The molecule has 0 radical (unpaired) electrons. The van der Waals surface area contributed by atoms with Crippen molar-refractivity contribution in [3.8, 4) is 11.5 Å². The summed E-state index contributed by atoms with van der Waals surface area (Å²) in [6.45, 7) is 1.97. The van der Waals surface area contributed by atoms with Gasteiger partial charge in [0.25, 0.3) is 5.69 Å². The average molecular weight is 390 g/mol. The average Bonchev–Trinajstić information content (AvgIpc) is 3.21. The molecule has 0 unspecified atom stereocenters. The molecule has 0 atom stereocenters. The van der Waals surface area contributed by atoms with Gasteiger partial charge < -0.3 is 14.4 Å². The SMILES string of the molecule is COc1cc(N2CCCC2)c(OC)cc1C=Nc1ccc(Cl)c([N+](=O)[O-])c1. The van der Waals surface area contributed by atoms with Crippen molar-refractivity contribution in [1.29, 1.82) is 0 Å². The van der Waals surface area contributed by atoms with E-state index in [9.17, 15) is 10.1 Å². The predicted octanol–water partition coefficient (Wildman–Crippen LogP) is 4.62. The van der Waals surface area contributed by atoms with Gasteiger partial charge in [-0.2, -0.15) is 0 Å². The summed E-state index contributed by atoms with van der Waals surface area (Å²) in [5, 5.41) is 11.1. The van der Waals surface area contributed by atoms with E-state index in [-0.39, 0.29) is 10.7 Å². The normalized spacial score (nSPS) is 14.0. The van der Waals surface area contributed by atoms with E-state index in [1.165, 1.54) is 12.1 Å². The van der Waals surface area contributed by atoms with Gasteiger partial charge in [0.2, 0.25) is 0 Å². The van der Waals surface area contributed by atoms with Gasteiger partial charge in [-0.25, -0.2) is 0 Å². The summed E-state index contributed by atoms with van der Waals surface area (Å²) in [4.78, 5) is 17.1. The first-order valence-corrected chi connectivity index (χ1v) is 8.90. The van der Waals surface area contributed by atoms with Crippen LogP contribution in [-0.2, 0) is 0 Å². The number of benzene rings is 2. The van der Waals surface area contributed by atoms with Gasteiger partial charge in [0.05, 0.1) is 30.5 Å². The van der Waals surface area contributed by atoms with E-state index in [0.29, 0.717) is 11.4 Å². The number of nitro benzene ring substituents is 1. The molecule has 1 aliphatic rings. The second-order valence-electron chi connectivity index (χ2n) is 6.11. The molecule has 142 valence electrons. The van der Waals surface area contributed by atoms with E-state index in [2.05, 4.69) is 9.89 Å². The maximum atomic E-state index is 11.0. The first-order valence-electron chi connectivity index (χ1n) is 8.52. The molecule has 1 fully saturated rings. The Kier molecular flexibility index (Phi) is 5.81.